The zero-order chi connectivity index (χ0) is 31.4. The molecule has 3 aromatic rings. The molecule has 0 unspecified atom stereocenters. The van der Waals surface area contributed by atoms with Crippen molar-refractivity contribution in [3.8, 4) is 11.1 Å². The van der Waals surface area contributed by atoms with Gasteiger partial charge in [0.2, 0.25) is 0 Å². The van der Waals surface area contributed by atoms with Gasteiger partial charge < -0.3 is 24.6 Å². The van der Waals surface area contributed by atoms with Gasteiger partial charge in [0, 0.05) is 37.9 Å². The van der Waals surface area contributed by atoms with Crippen molar-refractivity contribution in [2.75, 3.05) is 41.7 Å². The van der Waals surface area contributed by atoms with Crippen LogP contribution in [0.2, 0.25) is 0 Å². The molecule has 1 aromatic heterocycles. The lowest BCUT2D eigenvalue weighted by Gasteiger charge is -2.36. The highest BCUT2D eigenvalue weighted by atomic mass is 19.1. The van der Waals surface area contributed by atoms with Crippen molar-refractivity contribution in [2.24, 2.45) is 0 Å². The quantitative estimate of drug-likeness (QED) is 0.346. The summed E-state index contributed by atoms with van der Waals surface area (Å²) in [5, 5.41) is 5.48. The molecule has 0 atom stereocenters. The van der Waals surface area contributed by atoms with E-state index in [0.717, 1.165) is 0 Å². The number of nitrogens with zero attached hydrogens (tertiary/aromatic N) is 3. The van der Waals surface area contributed by atoms with Crippen molar-refractivity contribution in [2.45, 2.75) is 52.7 Å². The number of amides is 3. The van der Waals surface area contributed by atoms with E-state index >= 15 is 0 Å². The predicted octanol–water partition coefficient (Wildman–Crippen LogP) is 6.54. The zero-order valence-electron chi connectivity index (χ0n) is 25.4. The van der Waals surface area contributed by atoms with Gasteiger partial charge in [-0.25, -0.2) is 19.0 Å². The first-order chi connectivity index (χ1) is 20.2. The summed E-state index contributed by atoms with van der Waals surface area (Å²) in [5.74, 6) is -0.208. The van der Waals surface area contributed by atoms with Gasteiger partial charge in [-0.15, -0.1) is 0 Å². The van der Waals surface area contributed by atoms with Crippen LogP contribution in [0, 0.1) is 5.82 Å². The Hall–Kier alpha value is -4.67. The molecule has 0 spiro atoms. The van der Waals surface area contributed by atoms with Crippen LogP contribution < -0.4 is 15.5 Å². The number of rotatable bonds is 5. The fraction of sp³-hybridized carbons (Fsp3) is 0.375. The molecule has 4 rings (SSSR count). The fourth-order valence-corrected chi connectivity index (χ4v) is 4.38. The number of hydrogen-bond donors (Lipinski definition) is 2. The van der Waals surface area contributed by atoms with Crippen LogP contribution in [-0.2, 0) is 9.47 Å². The first kappa shape index (κ1) is 31.3. The van der Waals surface area contributed by atoms with Crippen molar-refractivity contribution in [1.82, 2.24) is 9.88 Å². The molecular weight excluding hydrogens is 553 g/mol. The van der Waals surface area contributed by atoms with Crippen molar-refractivity contribution < 1.29 is 28.2 Å². The molecule has 0 saturated carbocycles. The van der Waals surface area contributed by atoms with E-state index in [2.05, 4.69) is 15.6 Å². The average molecular weight is 592 g/mol. The Bertz CT molecular complexity index is 1470. The maximum atomic E-state index is 14.5. The summed E-state index contributed by atoms with van der Waals surface area (Å²) in [6.45, 7) is 12.9. The predicted molar refractivity (Wildman–Crippen MR) is 164 cm³/mol. The molecule has 3 amide bonds. The van der Waals surface area contributed by atoms with Crippen LogP contribution in [0.5, 0.6) is 0 Å². The first-order valence-corrected chi connectivity index (χ1v) is 14.1. The van der Waals surface area contributed by atoms with Crippen LogP contribution in [0.4, 0.5) is 31.2 Å². The number of ether oxygens (including phenoxy) is 2. The van der Waals surface area contributed by atoms with E-state index in [1.54, 1.807) is 74.2 Å². The lowest BCUT2D eigenvalue weighted by atomic mass is 10.0. The molecule has 1 fully saturated rings. The Morgan fingerprint density at radius 3 is 2.09 bits per heavy atom. The summed E-state index contributed by atoms with van der Waals surface area (Å²) in [6.07, 6.45) is 0.429. The Balaban J connectivity index is 1.48. The molecule has 1 aliphatic rings. The molecule has 0 bridgehead atoms. The number of piperazine rings is 1. The van der Waals surface area contributed by atoms with Gasteiger partial charge in [0.1, 0.15) is 22.8 Å². The molecule has 43 heavy (non-hydrogen) atoms. The van der Waals surface area contributed by atoms with E-state index in [9.17, 15) is 18.8 Å². The normalized spacial score (nSPS) is 13.7. The van der Waals surface area contributed by atoms with Crippen LogP contribution >= 0.6 is 0 Å². The van der Waals surface area contributed by atoms with Crippen molar-refractivity contribution >= 4 is 35.3 Å². The largest absolute Gasteiger partial charge is 0.444 e. The minimum Gasteiger partial charge on any atom is -0.444 e. The molecule has 2 heterocycles. The Morgan fingerprint density at radius 1 is 0.814 bits per heavy atom. The van der Waals surface area contributed by atoms with Gasteiger partial charge in [0.15, 0.2) is 0 Å². The van der Waals surface area contributed by atoms with Gasteiger partial charge in [0.25, 0.3) is 5.91 Å². The highest BCUT2D eigenvalue weighted by Gasteiger charge is 2.26. The van der Waals surface area contributed by atoms with Crippen molar-refractivity contribution in [1.29, 1.82) is 0 Å². The third-order valence-electron chi connectivity index (χ3n) is 6.35. The van der Waals surface area contributed by atoms with Crippen LogP contribution in [-0.4, -0.2) is 65.4 Å². The SMILES string of the molecule is CC(C)(C)OC(=O)Nc1ccc(-c2ccccc2F)cc1NC(=O)c1ccc(N2CCN(C(=O)OC(C)(C)C)CC2)nc1. The van der Waals surface area contributed by atoms with Crippen molar-refractivity contribution in [3.05, 3.63) is 72.2 Å². The van der Waals surface area contributed by atoms with Gasteiger partial charge in [-0.1, -0.05) is 24.3 Å². The monoisotopic (exact) mass is 591 g/mol. The zero-order valence-corrected chi connectivity index (χ0v) is 25.4. The summed E-state index contributed by atoms with van der Waals surface area (Å²) in [4.78, 5) is 46.3. The Kier molecular flexibility index (Phi) is 9.22. The Labute approximate surface area is 251 Å². The summed E-state index contributed by atoms with van der Waals surface area (Å²) in [6, 6.07) is 14.5. The topological polar surface area (TPSA) is 113 Å². The first-order valence-electron chi connectivity index (χ1n) is 14.1. The summed E-state index contributed by atoms with van der Waals surface area (Å²) in [5.41, 5.74) is 0.417. The van der Waals surface area contributed by atoms with Crippen molar-refractivity contribution in [3.63, 3.8) is 0 Å². The lowest BCUT2D eigenvalue weighted by Crippen LogP contribution is -2.50. The van der Waals surface area contributed by atoms with E-state index in [4.69, 9.17) is 9.47 Å². The Morgan fingerprint density at radius 2 is 1.49 bits per heavy atom. The third-order valence-corrected chi connectivity index (χ3v) is 6.35. The highest BCUT2D eigenvalue weighted by Crippen LogP contribution is 2.31. The van der Waals surface area contributed by atoms with Gasteiger partial charge in [-0.2, -0.15) is 0 Å². The van der Waals surface area contributed by atoms with E-state index in [-0.39, 0.29) is 23.0 Å². The highest BCUT2D eigenvalue weighted by molar-refractivity contribution is 6.07. The van der Waals surface area contributed by atoms with E-state index < -0.39 is 29.0 Å². The number of nitrogens with one attached hydrogen (secondary N) is 2. The molecule has 2 N–H and O–H groups in total. The van der Waals surface area contributed by atoms with Crippen LogP contribution in [0.15, 0.2) is 60.8 Å². The average Bonchev–Trinajstić information content (AvgIpc) is 2.92. The number of carbonyl (C=O) groups excluding carboxylic acids is 3. The molecular formula is C32H38FN5O5. The number of hydrogen-bond acceptors (Lipinski definition) is 7. The van der Waals surface area contributed by atoms with E-state index in [1.807, 2.05) is 25.7 Å². The van der Waals surface area contributed by atoms with E-state index in [0.29, 0.717) is 43.1 Å². The number of pyridine rings is 1. The second-order valence-corrected chi connectivity index (χ2v) is 12.2. The maximum absolute atomic E-state index is 14.5. The number of anilines is 3. The third kappa shape index (κ3) is 8.67. The molecule has 1 saturated heterocycles. The summed E-state index contributed by atoms with van der Waals surface area (Å²) >= 11 is 0. The van der Waals surface area contributed by atoms with Crippen LogP contribution in [0.3, 0.4) is 0 Å². The maximum Gasteiger partial charge on any atom is 0.412 e. The van der Waals surface area contributed by atoms with Gasteiger partial charge in [-0.3, -0.25) is 10.1 Å². The van der Waals surface area contributed by atoms with E-state index in [1.165, 1.54) is 12.3 Å². The van der Waals surface area contributed by atoms with Gasteiger partial charge in [0.05, 0.1) is 16.9 Å². The second-order valence-electron chi connectivity index (χ2n) is 12.2. The van der Waals surface area contributed by atoms with Crippen LogP contribution in [0.1, 0.15) is 51.9 Å². The molecule has 228 valence electrons. The smallest absolute Gasteiger partial charge is 0.412 e. The fourth-order valence-electron chi connectivity index (χ4n) is 4.38. The summed E-state index contributed by atoms with van der Waals surface area (Å²) < 4.78 is 25.4. The minimum absolute atomic E-state index is 0.263. The standard InChI is InChI=1S/C32H38FN5O5/c1-31(2,3)42-29(40)36-25-13-11-21(23-9-7-8-10-24(23)33)19-26(25)35-28(39)22-12-14-27(34-20-22)37-15-17-38(18-16-37)30(41)43-32(4,5)6/h7-14,19-20H,15-18H2,1-6H3,(H,35,39)(H,36,40). The van der Waals surface area contributed by atoms with Crippen LogP contribution in [0.25, 0.3) is 11.1 Å². The van der Waals surface area contributed by atoms with Gasteiger partial charge in [-0.05, 0) is 77.4 Å². The van der Waals surface area contributed by atoms with Gasteiger partial charge >= 0.3 is 12.2 Å². The molecule has 0 radical (unpaired) electrons. The summed E-state index contributed by atoms with van der Waals surface area (Å²) in [7, 11) is 0. The molecule has 2 aromatic carbocycles. The number of halogens is 1. The molecule has 11 heteroatoms. The molecule has 1 aliphatic heterocycles. The molecule has 0 aliphatic carbocycles. The number of carbonyl (C=O) groups is 3. The minimum atomic E-state index is -0.726. The second kappa shape index (κ2) is 12.7. The lowest BCUT2D eigenvalue weighted by molar-refractivity contribution is 0.0240. The number of aromatic nitrogens is 1. The molecule has 10 nitrogen and oxygen atoms in total. The number of benzene rings is 2.